The van der Waals surface area contributed by atoms with Crippen molar-refractivity contribution in [3.05, 3.63) is 21.4 Å². The van der Waals surface area contributed by atoms with Crippen LogP contribution in [0.25, 0.3) is 0 Å². The van der Waals surface area contributed by atoms with Crippen molar-refractivity contribution in [2.75, 3.05) is 27.2 Å². The lowest BCUT2D eigenvalue weighted by Gasteiger charge is -2.10. The molecule has 0 radical (unpaired) electrons. The van der Waals surface area contributed by atoms with E-state index in [1.165, 1.54) is 16.2 Å². The van der Waals surface area contributed by atoms with E-state index in [0.29, 0.717) is 11.3 Å². The van der Waals surface area contributed by atoms with Crippen LogP contribution in [0, 0.1) is 18.8 Å². The van der Waals surface area contributed by atoms with Crippen molar-refractivity contribution in [3.63, 3.8) is 0 Å². The normalized spacial score (nSPS) is 9.60. The minimum absolute atomic E-state index is 0.0195. The van der Waals surface area contributed by atoms with Gasteiger partial charge in [-0.1, -0.05) is 11.8 Å². The van der Waals surface area contributed by atoms with E-state index >= 15 is 0 Å². The second-order valence-electron chi connectivity index (χ2n) is 4.37. The number of aliphatic hydroxyl groups is 1. The lowest BCUT2D eigenvalue weighted by atomic mass is 10.2. The lowest BCUT2D eigenvalue weighted by Crippen LogP contribution is -2.35. The van der Waals surface area contributed by atoms with Crippen LogP contribution in [-0.4, -0.2) is 49.1 Å². The van der Waals surface area contributed by atoms with Crippen molar-refractivity contribution in [3.8, 4) is 11.8 Å². The van der Waals surface area contributed by atoms with Crippen LogP contribution in [0.5, 0.6) is 0 Å². The average Bonchev–Trinajstić information content (AvgIpc) is 2.77. The molecule has 6 heteroatoms. The number of nitrogens with zero attached hydrogens (tertiary/aromatic N) is 1. The molecule has 0 aliphatic heterocycles. The number of rotatable bonds is 4. The summed E-state index contributed by atoms with van der Waals surface area (Å²) in [5.41, 5.74) is 0.921. The maximum absolute atomic E-state index is 11.9. The van der Waals surface area contributed by atoms with Gasteiger partial charge in [0.2, 0.25) is 5.91 Å². The summed E-state index contributed by atoms with van der Waals surface area (Å²) < 4.78 is 0. The first-order chi connectivity index (χ1) is 9.45. The summed E-state index contributed by atoms with van der Waals surface area (Å²) in [4.78, 5) is 26.1. The highest BCUT2D eigenvalue weighted by molar-refractivity contribution is 7.14. The quantitative estimate of drug-likeness (QED) is 0.799. The molecule has 1 aromatic rings. The number of hydrogen-bond donors (Lipinski definition) is 2. The molecule has 0 aliphatic rings. The van der Waals surface area contributed by atoms with Crippen LogP contribution < -0.4 is 5.32 Å². The van der Waals surface area contributed by atoms with Crippen molar-refractivity contribution in [1.82, 2.24) is 10.2 Å². The minimum atomic E-state index is -0.275. The van der Waals surface area contributed by atoms with E-state index in [-0.39, 0.29) is 25.0 Å². The number of carbonyl (C=O) groups excluding carboxylic acids is 2. The first kappa shape index (κ1) is 16.2. The number of hydrogen-bond acceptors (Lipinski definition) is 4. The molecule has 1 heterocycles. The number of likely N-dealkylation sites (N-methyl/N-ethyl adjacent to an activating group) is 1. The van der Waals surface area contributed by atoms with Crippen LogP contribution >= 0.6 is 11.3 Å². The van der Waals surface area contributed by atoms with Crippen molar-refractivity contribution in [2.24, 2.45) is 0 Å². The largest absolute Gasteiger partial charge is 0.395 e. The van der Waals surface area contributed by atoms with E-state index in [1.807, 2.05) is 6.92 Å². The first-order valence-electron chi connectivity index (χ1n) is 6.14. The van der Waals surface area contributed by atoms with Gasteiger partial charge in [0.25, 0.3) is 5.91 Å². The van der Waals surface area contributed by atoms with Gasteiger partial charge < -0.3 is 15.3 Å². The van der Waals surface area contributed by atoms with Gasteiger partial charge in [-0.2, -0.15) is 0 Å². The Bertz CT molecular complexity index is 553. The van der Waals surface area contributed by atoms with E-state index in [9.17, 15) is 9.59 Å². The maximum Gasteiger partial charge on any atom is 0.261 e. The van der Waals surface area contributed by atoms with E-state index in [1.54, 1.807) is 20.2 Å². The van der Waals surface area contributed by atoms with Crippen LogP contribution in [-0.2, 0) is 4.79 Å². The summed E-state index contributed by atoms with van der Waals surface area (Å²) in [6.07, 6.45) is 0.413. The Morgan fingerprint density at radius 1 is 1.45 bits per heavy atom. The molecular formula is C14H18N2O3S. The van der Waals surface area contributed by atoms with Crippen molar-refractivity contribution >= 4 is 23.2 Å². The number of aryl methyl sites for hydroxylation is 1. The molecular weight excluding hydrogens is 276 g/mol. The van der Waals surface area contributed by atoms with Crippen LogP contribution in [0.3, 0.4) is 0 Å². The van der Waals surface area contributed by atoms with Gasteiger partial charge in [-0.3, -0.25) is 9.59 Å². The topological polar surface area (TPSA) is 69.6 Å². The van der Waals surface area contributed by atoms with Crippen LogP contribution in [0.2, 0.25) is 0 Å². The average molecular weight is 294 g/mol. The summed E-state index contributed by atoms with van der Waals surface area (Å²) in [5.74, 6) is 5.32. The smallest absolute Gasteiger partial charge is 0.261 e. The number of aliphatic hydroxyl groups excluding tert-OH is 1. The Morgan fingerprint density at radius 2 is 2.15 bits per heavy atom. The molecule has 0 saturated carbocycles. The SMILES string of the molecule is Cc1cc(C(=O)NCC(=O)N(C)C)sc1C#CCCO. The molecule has 0 fully saturated rings. The summed E-state index contributed by atoms with van der Waals surface area (Å²) in [7, 11) is 3.28. The fourth-order valence-electron chi connectivity index (χ4n) is 1.32. The van der Waals surface area contributed by atoms with Gasteiger partial charge in [0.05, 0.1) is 22.9 Å². The molecule has 0 saturated heterocycles. The maximum atomic E-state index is 11.9. The molecule has 108 valence electrons. The fourth-order valence-corrected chi connectivity index (χ4v) is 2.28. The molecule has 1 aromatic heterocycles. The summed E-state index contributed by atoms with van der Waals surface area (Å²) in [6.45, 7) is 1.88. The zero-order valence-corrected chi connectivity index (χ0v) is 12.6. The Labute approximate surface area is 122 Å². The fraction of sp³-hybridized carbons (Fsp3) is 0.429. The summed E-state index contributed by atoms with van der Waals surface area (Å²) in [6, 6.07) is 1.75. The highest BCUT2D eigenvalue weighted by Crippen LogP contribution is 2.20. The Balaban J connectivity index is 2.69. The van der Waals surface area contributed by atoms with E-state index in [2.05, 4.69) is 17.2 Å². The van der Waals surface area contributed by atoms with Gasteiger partial charge >= 0.3 is 0 Å². The molecule has 0 unspecified atom stereocenters. The highest BCUT2D eigenvalue weighted by Gasteiger charge is 2.13. The zero-order valence-electron chi connectivity index (χ0n) is 11.8. The van der Waals surface area contributed by atoms with Gasteiger partial charge in [0.15, 0.2) is 0 Å². The molecule has 2 amide bonds. The van der Waals surface area contributed by atoms with E-state index in [4.69, 9.17) is 5.11 Å². The Morgan fingerprint density at radius 3 is 2.75 bits per heavy atom. The molecule has 0 aliphatic carbocycles. The standard InChI is InChI=1S/C14H18N2O3S/c1-10-8-12(20-11(10)6-4-5-7-17)14(19)15-9-13(18)16(2)3/h8,17H,5,7,9H2,1-3H3,(H,15,19). The van der Waals surface area contributed by atoms with Crippen molar-refractivity contribution < 1.29 is 14.7 Å². The predicted octanol–water partition coefficient (Wildman–Crippen LogP) is 0.608. The minimum Gasteiger partial charge on any atom is -0.395 e. The second kappa shape index (κ2) is 7.68. The van der Waals surface area contributed by atoms with Crippen molar-refractivity contribution in [1.29, 1.82) is 0 Å². The molecule has 20 heavy (non-hydrogen) atoms. The monoisotopic (exact) mass is 294 g/mol. The van der Waals surface area contributed by atoms with Gasteiger partial charge in [-0.25, -0.2) is 0 Å². The molecule has 5 nitrogen and oxygen atoms in total. The number of thiophene rings is 1. The Kier molecular flexibility index (Phi) is 6.22. The molecule has 0 atom stereocenters. The second-order valence-corrected chi connectivity index (χ2v) is 5.42. The number of amides is 2. The highest BCUT2D eigenvalue weighted by atomic mass is 32.1. The third-order valence-electron chi connectivity index (χ3n) is 2.48. The van der Waals surface area contributed by atoms with Gasteiger partial charge in [0.1, 0.15) is 0 Å². The lowest BCUT2D eigenvalue weighted by molar-refractivity contribution is -0.127. The third kappa shape index (κ3) is 4.68. The predicted molar refractivity (Wildman–Crippen MR) is 78.7 cm³/mol. The van der Waals surface area contributed by atoms with Crippen LogP contribution in [0.1, 0.15) is 26.5 Å². The third-order valence-corrected chi connectivity index (χ3v) is 3.63. The van der Waals surface area contributed by atoms with Crippen LogP contribution in [0.15, 0.2) is 6.07 Å². The molecule has 0 spiro atoms. The molecule has 0 aromatic carbocycles. The van der Waals surface area contributed by atoms with Gasteiger partial charge in [-0.05, 0) is 18.6 Å². The van der Waals surface area contributed by atoms with Crippen molar-refractivity contribution in [2.45, 2.75) is 13.3 Å². The summed E-state index contributed by atoms with van der Waals surface area (Å²) in [5, 5.41) is 11.3. The molecule has 0 bridgehead atoms. The van der Waals surface area contributed by atoms with Gasteiger partial charge in [0, 0.05) is 20.5 Å². The van der Waals surface area contributed by atoms with E-state index < -0.39 is 0 Å². The Hall–Kier alpha value is -1.84. The van der Waals surface area contributed by atoms with Gasteiger partial charge in [-0.15, -0.1) is 11.3 Å². The number of nitrogens with one attached hydrogen (secondary N) is 1. The molecule has 2 N–H and O–H groups in total. The molecule has 1 rings (SSSR count). The van der Waals surface area contributed by atoms with E-state index in [0.717, 1.165) is 10.4 Å². The van der Waals surface area contributed by atoms with Crippen LogP contribution in [0.4, 0.5) is 0 Å². The summed E-state index contributed by atoms with van der Waals surface area (Å²) >= 11 is 1.29. The zero-order chi connectivity index (χ0) is 15.1. The number of carbonyl (C=O) groups is 2. The first-order valence-corrected chi connectivity index (χ1v) is 6.96.